The highest BCUT2D eigenvalue weighted by molar-refractivity contribution is 5.98. The van der Waals surface area contributed by atoms with Crippen molar-refractivity contribution in [1.29, 1.82) is 0 Å². The molecule has 172 valence electrons. The van der Waals surface area contributed by atoms with E-state index < -0.39 is 0 Å². The third-order valence-electron chi connectivity index (χ3n) is 6.00. The molecule has 0 aliphatic rings. The Balaban J connectivity index is 1.26. The van der Waals surface area contributed by atoms with E-state index in [9.17, 15) is 4.79 Å². The lowest BCUT2D eigenvalue weighted by atomic mass is 10.0. The van der Waals surface area contributed by atoms with Gasteiger partial charge in [0.05, 0.1) is 16.8 Å². The fourth-order valence-corrected chi connectivity index (χ4v) is 4.09. The number of ketones is 1. The molecule has 5 aromatic rings. The minimum Gasteiger partial charge on any atom is -0.355 e. The molecule has 2 heterocycles. The van der Waals surface area contributed by atoms with Crippen molar-refractivity contribution in [2.75, 3.05) is 10.6 Å². The van der Waals surface area contributed by atoms with Gasteiger partial charge in [0.2, 0.25) is 5.52 Å². The van der Waals surface area contributed by atoms with Crippen molar-refractivity contribution in [3.8, 4) is 0 Å². The van der Waals surface area contributed by atoms with Crippen molar-refractivity contribution in [1.82, 2.24) is 0 Å². The molecule has 0 unspecified atom stereocenters. The van der Waals surface area contributed by atoms with E-state index in [0.717, 1.165) is 39.2 Å². The number of aromatic nitrogens is 2. The summed E-state index contributed by atoms with van der Waals surface area (Å²) >= 11 is 0. The summed E-state index contributed by atoms with van der Waals surface area (Å²) in [5, 5.41) is 8.01. The molecule has 0 saturated carbocycles. The smallest absolute Gasteiger partial charge is 0.212 e. The van der Waals surface area contributed by atoms with E-state index in [-0.39, 0.29) is 5.78 Å². The second kappa shape index (κ2) is 9.77. The van der Waals surface area contributed by atoms with Crippen LogP contribution in [0.2, 0.25) is 0 Å². The molecule has 0 aliphatic heterocycles. The van der Waals surface area contributed by atoms with Gasteiger partial charge >= 0.3 is 0 Å². The summed E-state index contributed by atoms with van der Waals surface area (Å²) in [6.45, 7) is 2.09. The largest absolute Gasteiger partial charge is 0.355 e. The van der Waals surface area contributed by atoms with E-state index >= 15 is 0 Å². The van der Waals surface area contributed by atoms with Gasteiger partial charge in [0.25, 0.3) is 0 Å². The number of hydrogen-bond acceptors (Lipinski definition) is 3. The van der Waals surface area contributed by atoms with Crippen molar-refractivity contribution in [2.24, 2.45) is 7.05 Å². The number of nitrogens with zero attached hydrogens (tertiary/aromatic N) is 1. The number of aryl methyl sites for hydroxylation is 2. The average Bonchev–Trinajstić information content (AvgIpc) is 2.87. The number of aromatic amines is 1. The standard InChI is InChI=1S/C30H26N4O/c1-21-6-11-28-27(18-21)29(12-15-31-28)33-24-9-7-22(8-10-24)19-30(35)23-4-3-5-26(20-23)32-25-13-16-34(2)17-14-25/h3-18,20H,19H2,1-2H3,(H,31,33)/p+2. The third kappa shape index (κ3) is 5.36. The molecule has 0 saturated heterocycles. The maximum absolute atomic E-state index is 13.0. The van der Waals surface area contributed by atoms with Crippen molar-refractivity contribution < 1.29 is 14.3 Å². The predicted molar refractivity (Wildman–Crippen MR) is 140 cm³/mol. The molecule has 0 bridgehead atoms. The summed E-state index contributed by atoms with van der Waals surface area (Å²) in [5.74, 6) is 0.0916. The Hall–Kier alpha value is -4.51. The summed E-state index contributed by atoms with van der Waals surface area (Å²) in [7, 11) is 1.98. The normalized spacial score (nSPS) is 10.8. The SMILES string of the molecule is Cc1ccc2[nH+]ccc(Nc3ccc(CC(=O)c4cccc(Nc5cc[n+](C)cc5)c4)cc3)c2c1. The second-order valence-electron chi connectivity index (χ2n) is 8.82. The summed E-state index contributed by atoms with van der Waals surface area (Å²) < 4.78 is 1.98. The summed E-state index contributed by atoms with van der Waals surface area (Å²) in [6, 6.07) is 28.1. The van der Waals surface area contributed by atoms with Gasteiger partial charge in [-0.25, -0.2) is 9.55 Å². The molecule has 0 aliphatic carbocycles. The number of hydrogen-bond donors (Lipinski definition) is 2. The topological polar surface area (TPSA) is 59.2 Å². The lowest BCUT2D eigenvalue weighted by Crippen LogP contribution is -2.25. The maximum Gasteiger partial charge on any atom is 0.212 e. The zero-order valence-corrected chi connectivity index (χ0v) is 19.9. The highest BCUT2D eigenvalue weighted by Gasteiger charge is 2.10. The Morgan fingerprint density at radius 3 is 2.40 bits per heavy atom. The van der Waals surface area contributed by atoms with Crippen molar-refractivity contribution in [2.45, 2.75) is 13.3 Å². The van der Waals surface area contributed by atoms with Crippen LogP contribution in [0, 0.1) is 6.92 Å². The van der Waals surface area contributed by atoms with Gasteiger partial charge in [-0.2, -0.15) is 0 Å². The van der Waals surface area contributed by atoms with Gasteiger partial charge in [0.1, 0.15) is 7.05 Å². The number of Topliss-reactive ketones (excluding diaryl/α,β-unsaturated/α-hetero) is 1. The number of H-pyrrole nitrogens is 1. The van der Waals surface area contributed by atoms with Gasteiger partial charge in [0.15, 0.2) is 24.4 Å². The molecule has 35 heavy (non-hydrogen) atoms. The minimum atomic E-state index is 0.0916. The van der Waals surface area contributed by atoms with E-state index in [1.54, 1.807) is 0 Å². The average molecular weight is 461 g/mol. The van der Waals surface area contributed by atoms with Gasteiger partial charge in [-0.15, -0.1) is 0 Å². The Kier molecular flexibility index (Phi) is 6.22. The lowest BCUT2D eigenvalue weighted by molar-refractivity contribution is -0.671. The number of carbonyl (C=O) groups is 1. The predicted octanol–water partition coefficient (Wildman–Crippen LogP) is 5.70. The molecule has 0 atom stereocenters. The first-order valence-corrected chi connectivity index (χ1v) is 11.7. The van der Waals surface area contributed by atoms with E-state index in [2.05, 4.69) is 40.7 Å². The molecule has 0 amide bonds. The number of anilines is 4. The van der Waals surface area contributed by atoms with Crippen LogP contribution in [0.3, 0.4) is 0 Å². The number of carbonyl (C=O) groups excluding carboxylic acids is 1. The first-order chi connectivity index (χ1) is 17.0. The summed E-state index contributed by atoms with van der Waals surface area (Å²) in [5.41, 5.74) is 7.88. The van der Waals surface area contributed by atoms with Crippen LogP contribution in [-0.2, 0) is 13.5 Å². The number of pyridine rings is 2. The third-order valence-corrected chi connectivity index (χ3v) is 6.00. The first-order valence-electron chi connectivity index (χ1n) is 11.7. The Morgan fingerprint density at radius 1 is 0.829 bits per heavy atom. The Bertz CT molecular complexity index is 1490. The zero-order valence-electron chi connectivity index (χ0n) is 19.9. The highest BCUT2D eigenvalue weighted by atomic mass is 16.1. The van der Waals surface area contributed by atoms with Gasteiger partial charge < -0.3 is 10.6 Å². The van der Waals surface area contributed by atoms with Crippen LogP contribution in [0.1, 0.15) is 21.5 Å². The molecule has 2 aromatic heterocycles. The van der Waals surface area contributed by atoms with Crippen molar-refractivity contribution in [3.05, 3.63) is 120 Å². The Morgan fingerprint density at radius 2 is 1.60 bits per heavy atom. The molecule has 5 nitrogen and oxygen atoms in total. The van der Waals surface area contributed by atoms with Gasteiger partial charge in [-0.1, -0.05) is 30.3 Å². The number of fused-ring (bicyclic) bond motifs is 1. The van der Waals surface area contributed by atoms with Crippen LogP contribution in [-0.4, -0.2) is 5.78 Å². The first kappa shape index (κ1) is 22.3. The van der Waals surface area contributed by atoms with E-state index in [1.807, 2.05) is 96.9 Å². The van der Waals surface area contributed by atoms with Crippen LogP contribution in [0.5, 0.6) is 0 Å². The quantitative estimate of drug-likeness (QED) is 0.242. The van der Waals surface area contributed by atoms with Crippen LogP contribution >= 0.6 is 0 Å². The molecule has 3 aromatic carbocycles. The molecule has 5 heteroatoms. The highest BCUT2D eigenvalue weighted by Crippen LogP contribution is 2.25. The number of nitrogens with one attached hydrogen (secondary N) is 3. The number of rotatable bonds is 7. The van der Waals surface area contributed by atoms with Crippen LogP contribution in [0.15, 0.2) is 104 Å². The van der Waals surface area contributed by atoms with Gasteiger partial charge in [0, 0.05) is 47.6 Å². The van der Waals surface area contributed by atoms with E-state index in [0.29, 0.717) is 12.0 Å². The maximum atomic E-state index is 13.0. The monoisotopic (exact) mass is 460 g/mol. The van der Waals surface area contributed by atoms with Crippen LogP contribution in [0.25, 0.3) is 10.9 Å². The lowest BCUT2D eigenvalue weighted by Gasteiger charge is -2.10. The van der Waals surface area contributed by atoms with Crippen LogP contribution < -0.4 is 20.2 Å². The van der Waals surface area contributed by atoms with E-state index in [1.165, 1.54) is 5.56 Å². The van der Waals surface area contributed by atoms with Gasteiger partial charge in [-0.3, -0.25) is 4.79 Å². The fraction of sp³-hybridized carbons (Fsp3) is 0.100. The molecule has 3 N–H and O–H groups in total. The second-order valence-corrected chi connectivity index (χ2v) is 8.82. The van der Waals surface area contributed by atoms with Crippen molar-refractivity contribution >= 4 is 39.4 Å². The van der Waals surface area contributed by atoms with E-state index in [4.69, 9.17) is 0 Å². The zero-order chi connectivity index (χ0) is 24.2. The van der Waals surface area contributed by atoms with Crippen LogP contribution in [0.4, 0.5) is 22.7 Å². The fourth-order valence-electron chi connectivity index (χ4n) is 4.09. The van der Waals surface area contributed by atoms with Crippen molar-refractivity contribution in [3.63, 3.8) is 0 Å². The molecule has 0 spiro atoms. The van der Waals surface area contributed by atoms with Gasteiger partial charge in [-0.05, 0) is 48.4 Å². The molecule has 5 rings (SSSR count). The minimum absolute atomic E-state index is 0.0916. The number of benzene rings is 3. The molecule has 0 radical (unpaired) electrons. The molecular weight excluding hydrogens is 432 g/mol. The summed E-state index contributed by atoms with van der Waals surface area (Å²) in [4.78, 5) is 16.3. The Labute approximate surface area is 205 Å². The summed E-state index contributed by atoms with van der Waals surface area (Å²) in [6.07, 6.45) is 6.26. The molecular formula is C30H28N4O+2. The molecule has 0 fully saturated rings.